The molecule has 0 radical (unpaired) electrons. The SMILES string of the molecule is CN1CCN(CCC(=O)Nc2ccc(Sc3ccccc3NC(=O)CCN3CCN(C)CC3)cc2)CC1. The van der Waals surface area contributed by atoms with Crippen molar-refractivity contribution in [2.45, 2.75) is 22.6 Å². The summed E-state index contributed by atoms with van der Waals surface area (Å²) in [7, 11) is 4.27. The van der Waals surface area contributed by atoms with Crippen molar-refractivity contribution in [1.29, 1.82) is 0 Å². The largest absolute Gasteiger partial charge is 0.326 e. The summed E-state index contributed by atoms with van der Waals surface area (Å²) < 4.78 is 0. The van der Waals surface area contributed by atoms with Gasteiger partial charge in [-0.15, -0.1) is 0 Å². The number of hydrogen-bond donors (Lipinski definition) is 2. The van der Waals surface area contributed by atoms with Crippen LogP contribution in [0.5, 0.6) is 0 Å². The number of carbonyl (C=O) groups excluding carboxylic acids is 2. The van der Waals surface area contributed by atoms with E-state index < -0.39 is 0 Å². The number of hydrogen-bond acceptors (Lipinski definition) is 7. The summed E-state index contributed by atoms with van der Waals surface area (Å²) in [5, 5.41) is 6.11. The van der Waals surface area contributed by atoms with Gasteiger partial charge in [0.15, 0.2) is 0 Å². The molecule has 200 valence electrons. The standard InChI is InChI=1S/C28H40N6O2S/c1-31-15-19-33(20-16-31)13-11-27(35)29-23-7-9-24(10-8-23)37-26-6-4-3-5-25(26)30-28(36)12-14-34-21-17-32(2)18-22-34/h3-10H,11-22H2,1-2H3,(H,29,35)(H,30,36). The van der Waals surface area contributed by atoms with Crippen LogP contribution in [-0.2, 0) is 9.59 Å². The van der Waals surface area contributed by atoms with E-state index in [2.05, 4.69) is 44.3 Å². The van der Waals surface area contributed by atoms with Crippen LogP contribution in [0.1, 0.15) is 12.8 Å². The summed E-state index contributed by atoms with van der Waals surface area (Å²) in [6.45, 7) is 9.89. The number of carbonyl (C=O) groups is 2. The van der Waals surface area contributed by atoms with Gasteiger partial charge in [0.2, 0.25) is 11.8 Å². The van der Waals surface area contributed by atoms with Gasteiger partial charge in [0.25, 0.3) is 0 Å². The third-order valence-electron chi connectivity index (χ3n) is 7.03. The molecule has 9 heteroatoms. The van der Waals surface area contributed by atoms with Crippen molar-refractivity contribution < 1.29 is 9.59 Å². The van der Waals surface area contributed by atoms with Gasteiger partial charge in [-0.2, -0.15) is 0 Å². The minimum absolute atomic E-state index is 0.0432. The highest BCUT2D eigenvalue weighted by atomic mass is 32.2. The Hall–Kier alpha value is -2.43. The van der Waals surface area contributed by atoms with Crippen molar-refractivity contribution in [3.05, 3.63) is 48.5 Å². The van der Waals surface area contributed by atoms with E-state index in [1.54, 1.807) is 11.8 Å². The molecule has 2 heterocycles. The first-order chi connectivity index (χ1) is 17.9. The molecular formula is C28H40N6O2S. The number of nitrogens with one attached hydrogen (secondary N) is 2. The molecule has 2 amide bonds. The molecule has 2 N–H and O–H groups in total. The van der Waals surface area contributed by atoms with Gasteiger partial charge >= 0.3 is 0 Å². The fourth-order valence-corrected chi connectivity index (χ4v) is 5.39. The molecular weight excluding hydrogens is 484 g/mol. The zero-order chi connectivity index (χ0) is 26.0. The van der Waals surface area contributed by atoms with Crippen LogP contribution in [0.15, 0.2) is 58.3 Å². The van der Waals surface area contributed by atoms with Crippen LogP contribution in [-0.4, -0.2) is 111 Å². The first-order valence-corrected chi connectivity index (χ1v) is 14.0. The Morgan fingerprint density at radius 2 is 1.22 bits per heavy atom. The molecule has 2 saturated heterocycles. The second-order valence-electron chi connectivity index (χ2n) is 10.0. The van der Waals surface area contributed by atoms with Crippen LogP contribution >= 0.6 is 11.8 Å². The summed E-state index contributed by atoms with van der Waals surface area (Å²) in [6.07, 6.45) is 0.994. The molecule has 2 aliphatic rings. The van der Waals surface area contributed by atoms with Gasteiger partial charge in [-0.1, -0.05) is 23.9 Å². The highest BCUT2D eigenvalue weighted by molar-refractivity contribution is 7.99. The smallest absolute Gasteiger partial charge is 0.225 e. The van der Waals surface area contributed by atoms with Crippen molar-refractivity contribution >= 4 is 35.0 Å². The van der Waals surface area contributed by atoms with E-state index in [9.17, 15) is 9.59 Å². The summed E-state index contributed by atoms with van der Waals surface area (Å²) >= 11 is 1.61. The number of para-hydroxylation sites is 1. The van der Waals surface area contributed by atoms with Crippen molar-refractivity contribution in [2.75, 3.05) is 90.2 Å². The lowest BCUT2D eigenvalue weighted by Gasteiger charge is -2.32. The first kappa shape index (κ1) is 27.6. The second-order valence-corrected chi connectivity index (χ2v) is 11.1. The summed E-state index contributed by atoms with van der Waals surface area (Å²) in [5.41, 5.74) is 1.63. The number of likely N-dealkylation sites (N-methyl/N-ethyl adjacent to an activating group) is 2. The van der Waals surface area contributed by atoms with Crippen LogP contribution in [0.25, 0.3) is 0 Å². The van der Waals surface area contributed by atoms with Gasteiger partial charge in [0.05, 0.1) is 5.69 Å². The molecule has 0 aromatic heterocycles. The van der Waals surface area contributed by atoms with E-state index in [1.165, 1.54) is 0 Å². The van der Waals surface area contributed by atoms with Crippen molar-refractivity contribution in [2.24, 2.45) is 0 Å². The van der Waals surface area contributed by atoms with Crippen molar-refractivity contribution in [1.82, 2.24) is 19.6 Å². The Kier molecular flexibility index (Phi) is 10.4. The molecule has 2 aromatic rings. The molecule has 0 bridgehead atoms. The molecule has 2 aliphatic heterocycles. The minimum atomic E-state index is 0.0432. The van der Waals surface area contributed by atoms with Crippen LogP contribution < -0.4 is 10.6 Å². The topological polar surface area (TPSA) is 71.2 Å². The molecule has 0 aliphatic carbocycles. The molecule has 8 nitrogen and oxygen atoms in total. The maximum absolute atomic E-state index is 12.6. The number of rotatable bonds is 10. The van der Waals surface area contributed by atoms with Gasteiger partial charge in [-0.25, -0.2) is 0 Å². The summed E-state index contributed by atoms with van der Waals surface area (Å²) in [5.74, 6) is 0.0885. The molecule has 4 rings (SSSR count). The van der Waals surface area contributed by atoms with Gasteiger partial charge in [0.1, 0.15) is 0 Å². The van der Waals surface area contributed by atoms with Crippen LogP contribution in [0, 0.1) is 0 Å². The quantitative estimate of drug-likeness (QED) is 0.495. The molecule has 0 unspecified atom stereocenters. The lowest BCUT2D eigenvalue weighted by Crippen LogP contribution is -2.45. The molecule has 0 saturated carbocycles. The number of piperazine rings is 2. The summed E-state index contributed by atoms with van der Waals surface area (Å²) in [6, 6.07) is 15.8. The second kappa shape index (κ2) is 13.9. The van der Waals surface area contributed by atoms with Crippen molar-refractivity contribution in [3.63, 3.8) is 0 Å². The first-order valence-electron chi connectivity index (χ1n) is 13.2. The Bertz CT molecular complexity index is 1020. The highest BCUT2D eigenvalue weighted by Crippen LogP contribution is 2.34. The van der Waals surface area contributed by atoms with E-state index in [0.29, 0.717) is 12.8 Å². The lowest BCUT2D eigenvalue weighted by molar-refractivity contribution is -0.117. The van der Waals surface area contributed by atoms with E-state index in [1.807, 2.05) is 48.5 Å². The minimum Gasteiger partial charge on any atom is -0.326 e. The van der Waals surface area contributed by atoms with Gasteiger partial charge in [-0.3, -0.25) is 9.59 Å². The zero-order valence-corrected chi connectivity index (χ0v) is 22.9. The maximum Gasteiger partial charge on any atom is 0.225 e. The van der Waals surface area contributed by atoms with Gasteiger partial charge in [-0.05, 0) is 50.5 Å². The third-order valence-corrected chi connectivity index (χ3v) is 8.11. The fourth-order valence-electron chi connectivity index (χ4n) is 4.49. The Morgan fingerprint density at radius 1 is 0.703 bits per heavy atom. The Morgan fingerprint density at radius 3 is 1.78 bits per heavy atom. The van der Waals surface area contributed by atoms with E-state index >= 15 is 0 Å². The highest BCUT2D eigenvalue weighted by Gasteiger charge is 2.16. The monoisotopic (exact) mass is 524 g/mol. The molecule has 0 spiro atoms. The average molecular weight is 525 g/mol. The van der Waals surface area contributed by atoms with Crippen molar-refractivity contribution in [3.8, 4) is 0 Å². The Labute approximate surface area is 225 Å². The van der Waals surface area contributed by atoms with E-state index in [4.69, 9.17) is 0 Å². The van der Waals surface area contributed by atoms with Crippen LogP contribution in [0.4, 0.5) is 11.4 Å². The van der Waals surface area contributed by atoms with Crippen LogP contribution in [0.3, 0.4) is 0 Å². The molecule has 2 aromatic carbocycles. The summed E-state index contributed by atoms with van der Waals surface area (Å²) in [4.78, 5) is 36.4. The third kappa shape index (κ3) is 9.12. The fraction of sp³-hybridized carbons (Fsp3) is 0.500. The van der Waals surface area contributed by atoms with E-state index in [-0.39, 0.29) is 11.8 Å². The predicted octanol–water partition coefficient (Wildman–Crippen LogP) is 2.99. The predicted molar refractivity (Wildman–Crippen MR) is 151 cm³/mol. The number of amides is 2. The van der Waals surface area contributed by atoms with E-state index in [0.717, 1.165) is 86.6 Å². The van der Waals surface area contributed by atoms with Gasteiger partial charge in [0, 0.05) is 93.8 Å². The zero-order valence-electron chi connectivity index (χ0n) is 22.1. The maximum atomic E-state index is 12.6. The molecule has 37 heavy (non-hydrogen) atoms. The van der Waals surface area contributed by atoms with Gasteiger partial charge < -0.3 is 30.2 Å². The number of nitrogens with zero attached hydrogens (tertiary/aromatic N) is 4. The normalized spacial score (nSPS) is 18.0. The number of anilines is 2. The molecule has 2 fully saturated rings. The lowest BCUT2D eigenvalue weighted by atomic mass is 10.2. The molecule has 0 atom stereocenters. The Balaban J connectivity index is 1.23. The van der Waals surface area contributed by atoms with Crippen LogP contribution in [0.2, 0.25) is 0 Å². The number of benzene rings is 2. The average Bonchev–Trinajstić information content (AvgIpc) is 2.90.